The summed E-state index contributed by atoms with van der Waals surface area (Å²) in [7, 11) is 0. The minimum absolute atomic E-state index is 0.0386. The molecule has 1 aliphatic heterocycles. The number of carbonyl (C=O) groups is 1. The van der Waals surface area contributed by atoms with Crippen LogP contribution >= 0.6 is 0 Å². The number of halogens is 5. The predicted octanol–water partition coefficient (Wildman–Crippen LogP) is 3.10. The SMILES string of the molecule is CC(C)(CNC(=O)C1CC(F)(F)CN1)c1cccc(C(F)(F)F)c1. The van der Waals surface area contributed by atoms with Crippen LogP contribution in [0.15, 0.2) is 24.3 Å². The molecule has 0 radical (unpaired) electrons. The Hall–Kier alpha value is -1.70. The largest absolute Gasteiger partial charge is 0.416 e. The van der Waals surface area contributed by atoms with Crippen molar-refractivity contribution in [2.24, 2.45) is 0 Å². The molecule has 2 rings (SSSR count). The first-order valence-electron chi connectivity index (χ1n) is 7.47. The van der Waals surface area contributed by atoms with Crippen LogP contribution in [0.5, 0.6) is 0 Å². The van der Waals surface area contributed by atoms with Gasteiger partial charge in [0.25, 0.3) is 5.92 Å². The summed E-state index contributed by atoms with van der Waals surface area (Å²) in [6.07, 6.45) is -5.03. The lowest BCUT2D eigenvalue weighted by atomic mass is 9.83. The third-order valence-electron chi connectivity index (χ3n) is 4.10. The Balaban J connectivity index is 2.02. The Kier molecular flexibility index (Phi) is 4.90. The van der Waals surface area contributed by atoms with Gasteiger partial charge in [-0.2, -0.15) is 13.2 Å². The Bertz CT molecular complexity index is 613. The first-order valence-corrected chi connectivity index (χ1v) is 7.47. The van der Waals surface area contributed by atoms with Gasteiger partial charge >= 0.3 is 6.18 Å². The van der Waals surface area contributed by atoms with Crippen molar-refractivity contribution in [3.8, 4) is 0 Å². The molecule has 1 saturated heterocycles. The molecule has 24 heavy (non-hydrogen) atoms. The van der Waals surface area contributed by atoms with Crippen molar-refractivity contribution in [2.45, 2.75) is 43.8 Å². The van der Waals surface area contributed by atoms with Crippen molar-refractivity contribution in [1.29, 1.82) is 0 Å². The molecule has 1 fully saturated rings. The summed E-state index contributed by atoms with van der Waals surface area (Å²) in [5, 5.41) is 4.98. The second kappa shape index (κ2) is 6.31. The molecule has 0 aliphatic carbocycles. The number of hydrogen-bond donors (Lipinski definition) is 2. The number of hydrogen-bond acceptors (Lipinski definition) is 2. The summed E-state index contributed by atoms with van der Waals surface area (Å²) in [6, 6.07) is 3.87. The predicted molar refractivity (Wildman–Crippen MR) is 78.8 cm³/mol. The summed E-state index contributed by atoms with van der Waals surface area (Å²) in [5.41, 5.74) is -1.14. The Morgan fingerprint density at radius 3 is 2.46 bits per heavy atom. The average molecular weight is 350 g/mol. The zero-order chi connectivity index (χ0) is 18.2. The van der Waals surface area contributed by atoms with Crippen LogP contribution in [0.2, 0.25) is 0 Å². The van der Waals surface area contributed by atoms with Gasteiger partial charge < -0.3 is 5.32 Å². The van der Waals surface area contributed by atoms with Crippen molar-refractivity contribution in [3.63, 3.8) is 0 Å². The van der Waals surface area contributed by atoms with Crippen molar-refractivity contribution < 1.29 is 26.7 Å². The molecule has 0 spiro atoms. The molecule has 1 unspecified atom stereocenters. The van der Waals surface area contributed by atoms with Crippen molar-refractivity contribution in [3.05, 3.63) is 35.4 Å². The van der Waals surface area contributed by atoms with Gasteiger partial charge in [-0.15, -0.1) is 0 Å². The number of benzene rings is 1. The zero-order valence-corrected chi connectivity index (χ0v) is 13.3. The Labute approximate surface area is 136 Å². The van der Waals surface area contributed by atoms with Crippen LogP contribution in [0, 0.1) is 0 Å². The van der Waals surface area contributed by atoms with Crippen molar-refractivity contribution in [2.75, 3.05) is 13.1 Å². The van der Waals surface area contributed by atoms with E-state index >= 15 is 0 Å². The Morgan fingerprint density at radius 1 is 1.29 bits per heavy atom. The summed E-state index contributed by atoms with van der Waals surface area (Å²) < 4.78 is 64.6. The van der Waals surface area contributed by atoms with E-state index in [4.69, 9.17) is 0 Å². The smallest absolute Gasteiger partial charge is 0.354 e. The molecule has 0 saturated carbocycles. The first kappa shape index (κ1) is 18.6. The molecule has 0 bridgehead atoms. The van der Waals surface area contributed by atoms with Crippen LogP contribution in [0.25, 0.3) is 0 Å². The fraction of sp³-hybridized carbons (Fsp3) is 0.562. The highest BCUT2D eigenvalue weighted by atomic mass is 19.4. The number of nitrogens with one attached hydrogen (secondary N) is 2. The standard InChI is InChI=1S/C16H19F5N2O/c1-14(2,10-4-3-5-11(6-10)16(19,20)21)8-23-13(24)12-7-15(17,18)9-22-12/h3-6,12,22H,7-9H2,1-2H3,(H,23,24). The molecule has 3 nitrogen and oxygen atoms in total. The van der Waals surface area contributed by atoms with Crippen molar-refractivity contribution in [1.82, 2.24) is 10.6 Å². The van der Waals surface area contributed by atoms with E-state index in [1.807, 2.05) is 0 Å². The van der Waals surface area contributed by atoms with Gasteiger partial charge in [-0.3, -0.25) is 10.1 Å². The molecule has 134 valence electrons. The maximum absolute atomic E-state index is 13.1. The van der Waals surface area contributed by atoms with E-state index in [1.165, 1.54) is 6.07 Å². The fourth-order valence-corrected chi connectivity index (χ4v) is 2.55. The van der Waals surface area contributed by atoms with Gasteiger partial charge in [0, 0.05) is 18.4 Å². The number of carbonyl (C=O) groups excluding carboxylic acids is 1. The van der Waals surface area contributed by atoms with Gasteiger partial charge in [0.2, 0.25) is 5.91 Å². The van der Waals surface area contributed by atoms with E-state index < -0.39 is 48.0 Å². The topological polar surface area (TPSA) is 41.1 Å². The highest BCUT2D eigenvalue weighted by Gasteiger charge is 2.42. The molecule has 1 aliphatic rings. The van der Waals surface area contributed by atoms with Gasteiger partial charge in [0.15, 0.2) is 0 Å². The number of amides is 1. The number of rotatable bonds is 4. The normalized spacial score (nSPS) is 20.9. The average Bonchev–Trinajstić information content (AvgIpc) is 2.84. The lowest BCUT2D eigenvalue weighted by molar-refractivity contribution is -0.137. The van der Waals surface area contributed by atoms with E-state index in [9.17, 15) is 26.7 Å². The van der Waals surface area contributed by atoms with E-state index in [0.717, 1.165) is 12.1 Å². The minimum atomic E-state index is -4.45. The van der Waals surface area contributed by atoms with Crippen molar-refractivity contribution >= 4 is 5.91 Å². The fourth-order valence-electron chi connectivity index (χ4n) is 2.55. The second-order valence-electron chi connectivity index (χ2n) is 6.67. The third-order valence-corrected chi connectivity index (χ3v) is 4.10. The van der Waals surface area contributed by atoms with Gasteiger partial charge in [-0.25, -0.2) is 8.78 Å². The molecule has 1 amide bonds. The Morgan fingerprint density at radius 2 is 1.92 bits per heavy atom. The second-order valence-corrected chi connectivity index (χ2v) is 6.67. The highest BCUT2D eigenvalue weighted by Crippen LogP contribution is 2.32. The monoisotopic (exact) mass is 350 g/mol. The van der Waals surface area contributed by atoms with Gasteiger partial charge in [-0.1, -0.05) is 32.0 Å². The van der Waals surface area contributed by atoms with E-state index in [0.29, 0.717) is 5.56 Å². The molecule has 8 heteroatoms. The molecule has 0 aromatic heterocycles. The molecule has 1 atom stereocenters. The maximum Gasteiger partial charge on any atom is 0.416 e. The quantitative estimate of drug-likeness (QED) is 0.820. The van der Waals surface area contributed by atoms with Gasteiger partial charge in [-0.05, 0) is 11.6 Å². The molecular formula is C16H19F5N2O. The minimum Gasteiger partial charge on any atom is -0.354 e. The van der Waals surface area contributed by atoms with Crippen LogP contribution in [0.4, 0.5) is 22.0 Å². The van der Waals surface area contributed by atoms with Crippen LogP contribution in [0.1, 0.15) is 31.4 Å². The van der Waals surface area contributed by atoms with Gasteiger partial charge in [0.1, 0.15) is 0 Å². The lowest BCUT2D eigenvalue weighted by Crippen LogP contribution is -2.45. The summed E-state index contributed by atoms with van der Waals surface area (Å²) in [4.78, 5) is 12.0. The summed E-state index contributed by atoms with van der Waals surface area (Å²) >= 11 is 0. The molecular weight excluding hydrogens is 331 g/mol. The third kappa shape index (κ3) is 4.43. The van der Waals surface area contributed by atoms with Crippen LogP contribution in [-0.2, 0) is 16.4 Å². The zero-order valence-electron chi connectivity index (χ0n) is 13.3. The highest BCUT2D eigenvalue weighted by molar-refractivity contribution is 5.82. The van der Waals surface area contributed by atoms with Gasteiger partial charge in [0.05, 0.1) is 18.2 Å². The number of alkyl halides is 5. The molecule has 1 aromatic carbocycles. The maximum atomic E-state index is 13.1. The van der Waals surface area contributed by atoms with Crippen LogP contribution < -0.4 is 10.6 Å². The lowest BCUT2D eigenvalue weighted by Gasteiger charge is -2.27. The van der Waals surface area contributed by atoms with E-state index in [2.05, 4.69) is 10.6 Å². The van der Waals surface area contributed by atoms with Crippen LogP contribution in [-0.4, -0.2) is 31.0 Å². The summed E-state index contributed by atoms with van der Waals surface area (Å²) in [5.74, 6) is -3.49. The molecule has 2 N–H and O–H groups in total. The van der Waals surface area contributed by atoms with E-state index in [-0.39, 0.29) is 6.54 Å². The van der Waals surface area contributed by atoms with Crippen LogP contribution in [0.3, 0.4) is 0 Å². The first-order chi connectivity index (χ1) is 10.9. The molecule has 1 aromatic rings. The van der Waals surface area contributed by atoms with E-state index in [1.54, 1.807) is 19.9 Å². The summed E-state index contributed by atoms with van der Waals surface area (Å²) in [6.45, 7) is 2.85. The molecule has 1 heterocycles.